The lowest BCUT2D eigenvalue weighted by molar-refractivity contribution is -0.757. The van der Waals surface area contributed by atoms with Crippen molar-refractivity contribution >= 4 is 23.5 Å². The van der Waals surface area contributed by atoms with Crippen LogP contribution in [0, 0.1) is 60.6 Å². The number of carboxylic acids is 1. The van der Waals surface area contributed by atoms with Gasteiger partial charge in [0.25, 0.3) is 10.2 Å². The van der Waals surface area contributed by atoms with Gasteiger partial charge in [0.15, 0.2) is 11.6 Å². The van der Waals surface area contributed by atoms with Gasteiger partial charge in [-0.2, -0.15) is 0 Å². The molecule has 4 aliphatic rings. The van der Waals surface area contributed by atoms with Gasteiger partial charge in [-0.3, -0.25) is 19.2 Å². The summed E-state index contributed by atoms with van der Waals surface area (Å²) in [4.78, 5) is 74.8. The number of rotatable bonds is 13. The summed E-state index contributed by atoms with van der Waals surface area (Å²) >= 11 is 0. The maximum atomic E-state index is 13.3. The highest BCUT2D eigenvalue weighted by Gasteiger charge is 2.64. The Hall–Kier alpha value is -3.88. The number of allylic oxidation sites excluding steroid dienone is 4. The molecule has 0 spiro atoms. The van der Waals surface area contributed by atoms with Gasteiger partial charge >= 0.3 is 11.9 Å². The van der Waals surface area contributed by atoms with Crippen LogP contribution < -0.4 is 0 Å². The molecule has 0 aromatic rings. The molecular formula is C30H42N2O13. The molecule has 2 N–H and O–H groups in total. The highest BCUT2D eigenvalue weighted by Crippen LogP contribution is 2.67. The topological polar surface area (TPSA) is 223 Å². The number of aliphatic hydroxyl groups is 1. The van der Waals surface area contributed by atoms with Crippen LogP contribution in [-0.4, -0.2) is 69.8 Å². The fraction of sp³-hybridized carbons (Fsp3) is 0.733. The third-order valence-corrected chi connectivity index (χ3v) is 10.0. The number of nitrogens with zero attached hydrogens (tertiary/aromatic N) is 2. The molecule has 15 heteroatoms. The molecule has 0 aromatic carbocycles. The van der Waals surface area contributed by atoms with E-state index in [1.807, 2.05) is 6.08 Å². The maximum absolute atomic E-state index is 13.3. The Morgan fingerprint density at radius 2 is 1.69 bits per heavy atom. The molecule has 250 valence electrons. The summed E-state index contributed by atoms with van der Waals surface area (Å²) in [6.45, 7) is 5.62. The van der Waals surface area contributed by atoms with Gasteiger partial charge in [-0.1, -0.05) is 32.4 Å². The second kappa shape index (κ2) is 14.9. The van der Waals surface area contributed by atoms with Crippen molar-refractivity contribution in [3.8, 4) is 0 Å². The smallest absolute Gasteiger partial charge is 0.306 e. The number of ether oxygens (including phenoxy) is 1. The lowest BCUT2D eigenvalue weighted by Gasteiger charge is -2.58. The van der Waals surface area contributed by atoms with Gasteiger partial charge in [-0.15, -0.1) is 20.2 Å². The minimum Gasteiger partial charge on any atom is -0.481 e. The summed E-state index contributed by atoms with van der Waals surface area (Å²) in [5, 5.41) is 37.3. The first kappa shape index (κ1) is 35.6. The highest BCUT2D eigenvalue weighted by atomic mass is 17.0. The van der Waals surface area contributed by atoms with Crippen molar-refractivity contribution in [3.05, 3.63) is 44.0 Å². The monoisotopic (exact) mass is 638 g/mol. The zero-order valence-electron chi connectivity index (χ0n) is 25.8. The molecule has 0 radical (unpaired) electrons. The van der Waals surface area contributed by atoms with E-state index in [0.29, 0.717) is 6.42 Å². The van der Waals surface area contributed by atoms with E-state index in [-0.39, 0.29) is 92.1 Å². The second-order valence-electron chi connectivity index (χ2n) is 12.8. The summed E-state index contributed by atoms with van der Waals surface area (Å²) in [6, 6.07) is 0. The lowest BCUT2D eigenvalue weighted by atomic mass is 9.46. The Labute approximate surface area is 260 Å². The first-order valence-corrected chi connectivity index (χ1v) is 15.2. The highest BCUT2D eigenvalue weighted by molar-refractivity contribution is 6.01. The van der Waals surface area contributed by atoms with Gasteiger partial charge in [0, 0.05) is 30.1 Å². The van der Waals surface area contributed by atoms with Crippen molar-refractivity contribution in [1.29, 1.82) is 0 Å². The lowest BCUT2D eigenvalue weighted by Crippen LogP contribution is -2.56. The molecule has 0 saturated heterocycles. The Balaban J connectivity index is 0.000000477. The molecule has 0 amide bonds. The van der Waals surface area contributed by atoms with Crippen LogP contribution in [-0.2, 0) is 33.6 Å². The molecule has 0 aliphatic heterocycles. The normalized spacial score (nSPS) is 32.8. The molecule has 0 aromatic heterocycles. The van der Waals surface area contributed by atoms with Crippen LogP contribution >= 0.6 is 0 Å². The third kappa shape index (κ3) is 8.44. The summed E-state index contributed by atoms with van der Waals surface area (Å²) in [7, 11) is 0. The van der Waals surface area contributed by atoms with E-state index < -0.39 is 33.6 Å². The number of aliphatic hydroxyl groups excluding tert-OH is 1. The van der Waals surface area contributed by atoms with Crippen LogP contribution in [0.5, 0.6) is 0 Å². The van der Waals surface area contributed by atoms with E-state index in [1.165, 1.54) is 0 Å². The minimum absolute atomic E-state index is 0.00481. The number of hydrogen-bond acceptors (Lipinski definition) is 12. The maximum Gasteiger partial charge on any atom is 0.306 e. The number of carboxylic acid groups (broad SMARTS) is 1. The Morgan fingerprint density at radius 1 is 1.07 bits per heavy atom. The molecule has 0 heterocycles. The Morgan fingerprint density at radius 3 is 2.29 bits per heavy atom. The molecule has 3 saturated carbocycles. The van der Waals surface area contributed by atoms with Gasteiger partial charge in [0.2, 0.25) is 0 Å². The van der Waals surface area contributed by atoms with Gasteiger partial charge in [-0.25, -0.2) is 0 Å². The number of ketones is 2. The molecule has 3 fully saturated rings. The fourth-order valence-corrected chi connectivity index (χ4v) is 8.41. The summed E-state index contributed by atoms with van der Waals surface area (Å²) in [6.07, 6.45) is 7.95. The van der Waals surface area contributed by atoms with E-state index in [1.54, 1.807) is 12.2 Å². The van der Waals surface area contributed by atoms with Crippen LogP contribution in [0.2, 0.25) is 0 Å². The molecular weight excluding hydrogens is 596 g/mol. The van der Waals surface area contributed by atoms with Crippen molar-refractivity contribution in [3.63, 3.8) is 0 Å². The number of carbonyl (C=O) groups is 4. The third-order valence-electron chi connectivity index (χ3n) is 10.0. The molecule has 8 unspecified atom stereocenters. The Bertz CT molecular complexity index is 1220. The number of hydrogen-bond donors (Lipinski definition) is 2. The largest absolute Gasteiger partial charge is 0.481 e. The van der Waals surface area contributed by atoms with Crippen molar-refractivity contribution < 1.29 is 54.0 Å². The number of aliphatic carboxylic acids is 1. The van der Waals surface area contributed by atoms with Crippen LogP contribution in [0.15, 0.2) is 23.8 Å². The van der Waals surface area contributed by atoms with Gasteiger partial charge in [-0.05, 0) is 73.8 Å². The van der Waals surface area contributed by atoms with Crippen LogP contribution in [0.1, 0.15) is 72.1 Å². The average molecular weight is 639 g/mol. The standard InChI is InChI=1S/C26H35NO8.C4H7NO5/c1-15-11-19-18-7-6-16-12-17(28)8-9-25(16,2)24(18)20(29)13-26(19,3)23(15)21(30)14-34-22(31)5-4-10-35-27(32)33;6-4(7)2-1-3-10-5(8)9/h8-9,12,15,18-20,23-24,29H,4-7,10-11,13-14H2,1-3H3;1-3H2,(H,6,7). The number of esters is 1. The first-order chi connectivity index (χ1) is 21.1. The summed E-state index contributed by atoms with van der Waals surface area (Å²) in [5.74, 6) is -1.39. The molecule has 4 rings (SSSR count). The quantitative estimate of drug-likeness (QED) is 0.128. The minimum atomic E-state index is -0.980. The molecule has 15 nitrogen and oxygen atoms in total. The predicted molar refractivity (Wildman–Crippen MR) is 154 cm³/mol. The van der Waals surface area contributed by atoms with Gasteiger partial charge in [0.1, 0.15) is 6.61 Å². The summed E-state index contributed by atoms with van der Waals surface area (Å²) < 4.78 is 5.20. The van der Waals surface area contributed by atoms with Gasteiger partial charge < -0.3 is 24.6 Å². The first-order valence-electron chi connectivity index (χ1n) is 15.2. The summed E-state index contributed by atoms with van der Waals surface area (Å²) in [5.41, 5.74) is 0.356. The van der Waals surface area contributed by atoms with Crippen LogP contribution in [0.25, 0.3) is 0 Å². The van der Waals surface area contributed by atoms with Gasteiger partial charge in [0.05, 0.1) is 19.3 Å². The zero-order chi connectivity index (χ0) is 33.5. The van der Waals surface area contributed by atoms with Crippen molar-refractivity contribution in [2.75, 3.05) is 19.8 Å². The average Bonchev–Trinajstić information content (AvgIpc) is 3.21. The molecule has 8 atom stereocenters. The van der Waals surface area contributed by atoms with E-state index >= 15 is 0 Å². The molecule has 45 heavy (non-hydrogen) atoms. The van der Waals surface area contributed by atoms with Crippen LogP contribution in [0.3, 0.4) is 0 Å². The Kier molecular flexibility index (Phi) is 11.8. The number of Topliss-reactive ketones (excluding diaryl/α,β-unsaturated/α-hetero) is 1. The van der Waals surface area contributed by atoms with Crippen molar-refractivity contribution in [2.24, 2.45) is 40.4 Å². The van der Waals surface area contributed by atoms with Crippen LogP contribution in [0.4, 0.5) is 0 Å². The van der Waals surface area contributed by atoms with E-state index in [0.717, 1.165) is 24.8 Å². The number of fused-ring (bicyclic) bond motifs is 5. The van der Waals surface area contributed by atoms with Crippen molar-refractivity contribution in [2.45, 2.75) is 78.2 Å². The molecule has 4 aliphatic carbocycles. The predicted octanol–water partition coefficient (Wildman–Crippen LogP) is 3.29. The van der Waals surface area contributed by atoms with E-state index in [4.69, 9.17) is 9.84 Å². The second-order valence-corrected chi connectivity index (χ2v) is 12.8. The number of carbonyl (C=O) groups excluding carboxylic acids is 3. The zero-order valence-corrected chi connectivity index (χ0v) is 25.8. The SMILES string of the molecule is CC1CC2C3CCC4=CC(=O)C=CC4(C)C3C(O)CC2(C)C1C(=O)COC(=O)CCCO[N+](=O)[O-].O=C(O)CCCO[N+](=O)[O-]. The van der Waals surface area contributed by atoms with Crippen molar-refractivity contribution in [1.82, 2.24) is 0 Å². The fourth-order valence-electron chi connectivity index (χ4n) is 8.41. The molecule has 0 bridgehead atoms. The van der Waals surface area contributed by atoms with E-state index in [2.05, 4.69) is 30.4 Å². The van der Waals surface area contributed by atoms with E-state index in [9.17, 15) is 44.5 Å².